The molecule has 2 N–H and O–H groups in total. The van der Waals surface area contributed by atoms with Crippen LogP contribution in [0.25, 0.3) is 0 Å². The Morgan fingerprint density at radius 2 is 1.90 bits per heavy atom. The molecule has 0 saturated heterocycles. The highest BCUT2D eigenvalue weighted by Gasteiger charge is 2.15. The molecular formula is C15H18BrNO2S. The highest BCUT2D eigenvalue weighted by molar-refractivity contribution is 9.10. The van der Waals surface area contributed by atoms with E-state index in [0.29, 0.717) is 0 Å². The van der Waals surface area contributed by atoms with Crippen LogP contribution in [0.4, 0.5) is 0 Å². The van der Waals surface area contributed by atoms with Crippen LogP contribution in [0.2, 0.25) is 0 Å². The zero-order valence-electron chi connectivity index (χ0n) is 11.8. The molecule has 1 heterocycles. The standard InChI is InChI=1S/C15H18BrNO2S/c1-9-6-11(16)15(20-9)12(17)7-10-4-5-13(18-2)14(8-10)19-3/h4-6,8,12H,7,17H2,1-3H3. The zero-order chi connectivity index (χ0) is 14.7. The fraction of sp³-hybridized carbons (Fsp3) is 0.333. The quantitative estimate of drug-likeness (QED) is 0.878. The predicted molar refractivity (Wildman–Crippen MR) is 86.9 cm³/mol. The third-order valence-electron chi connectivity index (χ3n) is 3.08. The van der Waals surface area contributed by atoms with Crippen LogP contribution in [-0.4, -0.2) is 14.2 Å². The van der Waals surface area contributed by atoms with E-state index in [9.17, 15) is 0 Å². The molecule has 5 heteroatoms. The van der Waals surface area contributed by atoms with Crippen LogP contribution < -0.4 is 15.2 Å². The van der Waals surface area contributed by atoms with Gasteiger partial charge < -0.3 is 15.2 Å². The van der Waals surface area contributed by atoms with Gasteiger partial charge in [-0.1, -0.05) is 6.07 Å². The number of thiophene rings is 1. The first-order valence-corrected chi connectivity index (χ1v) is 7.88. The van der Waals surface area contributed by atoms with Gasteiger partial charge in [-0.15, -0.1) is 11.3 Å². The van der Waals surface area contributed by atoms with Crippen molar-refractivity contribution in [3.63, 3.8) is 0 Å². The summed E-state index contributed by atoms with van der Waals surface area (Å²) in [6.45, 7) is 2.09. The second kappa shape index (κ2) is 6.61. The van der Waals surface area contributed by atoms with E-state index in [2.05, 4.69) is 28.9 Å². The molecule has 20 heavy (non-hydrogen) atoms. The predicted octanol–water partition coefficient (Wildman–Crippen LogP) is 4.08. The average molecular weight is 356 g/mol. The molecule has 0 fully saturated rings. The minimum absolute atomic E-state index is 0.0267. The van der Waals surface area contributed by atoms with Crippen molar-refractivity contribution in [2.75, 3.05) is 14.2 Å². The van der Waals surface area contributed by atoms with Crippen LogP contribution in [0.15, 0.2) is 28.7 Å². The molecule has 108 valence electrons. The number of rotatable bonds is 5. The van der Waals surface area contributed by atoms with E-state index in [4.69, 9.17) is 15.2 Å². The summed E-state index contributed by atoms with van der Waals surface area (Å²) < 4.78 is 11.7. The van der Waals surface area contributed by atoms with Gasteiger partial charge in [0, 0.05) is 20.3 Å². The van der Waals surface area contributed by atoms with Crippen molar-refractivity contribution in [3.05, 3.63) is 44.1 Å². The maximum absolute atomic E-state index is 6.31. The van der Waals surface area contributed by atoms with Gasteiger partial charge >= 0.3 is 0 Å². The van der Waals surface area contributed by atoms with Crippen LogP contribution in [0, 0.1) is 6.92 Å². The van der Waals surface area contributed by atoms with E-state index in [0.717, 1.165) is 28.0 Å². The Kier molecular flexibility index (Phi) is 5.07. The molecule has 1 aromatic heterocycles. The molecule has 0 saturated carbocycles. The van der Waals surface area contributed by atoms with Crippen molar-refractivity contribution < 1.29 is 9.47 Å². The van der Waals surface area contributed by atoms with Gasteiger partial charge in [0.05, 0.1) is 14.2 Å². The monoisotopic (exact) mass is 355 g/mol. The largest absolute Gasteiger partial charge is 0.493 e. The molecule has 1 aromatic carbocycles. The Hall–Kier alpha value is -1.04. The number of hydrogen-bond acceptors (Lipinski definition) is 4. The Bertz CT molecular complexity index is 598. The first-order valence-electron chi connectivity index (χ1n) is 6.27. The molecule has 0 aliphatic carbocycles. The van der Waals surface area contributed by atoms with Gasteiger partial charge in [-0.25, -0.2) is 0 Å². The third-order valence-corrected chi connectivity index (χ3v) is 5.18. The van der Waals surface area contributed by atoms with Gasteiger partial charge in [0.1, 0.15) is 0 Å². The summed E-state index contributed by atoms with van der Waals surface area (Å²) in [5.74, 6) is 1.47. The Morgan fingerprint density at radius 1 is 1.20 bits per heavy atom. The lowest BCUT2D eigenvalue weighted by Gasteiger charge is -2.13. The van der Waals surface area contributed by atoms with Crippen molar-refractivity contribution >= 4 is 27.3 Å². The summed E-state index contributed by atoms with van der Waals surface area (Å²) >= 11 is 5.30. The van der Waals surface area contributed by atoms with Crippen LogP contribution >= 0.6 is 27.3 Å². The molecule has 2 rings (SSSR count). The fourth-order valence-corrected chi connectivity index (χ4v) is 4.05. The highest BCUT2D eigenvalue weighted by atomic mass is 79.9. The fourth-order valence-electron chi connectivity index (χ4n) is 2.11. The number of nitrogens with two attached hydrogens (primary N) is 1. The maximum atomic E-state index is 6.31. The number of aryl methyl sites for hydroxylation is 1. The Labute approximate surface area is 131 Å². The molecule has 3 nitrogen and oxygen atoms in total. The molecule has 0 aliphatic heterocycles. The summed E-state index contributed by atoms with van der Waals surface area (Å²) in [5, 5.41) is 0. The Balaban J connectivity index is 2.19. The number of methoxy groups -OCH3 is 2. The van der Waals surface area contributed by atoms with E-state index in [1.807, 2.05) is 18.2 Å². The minimum atomic E-state index is -0.0267. The zero-order valence-corrected chi connectivity index (χ0v) is 14.2. The van der Waals surface area contributed by atoms with E-state index in [-0.39, 0.29) is 6.04 Å². The van der Waals surface area contributed by atoms with Gasteiger partial charge in [0.25, 0.3) is 0 Å². The molecule has 0 radical (unpaired) electrons. The summed E-state index contributed by atoms with van der Waals surface area (Å²) in [7, 11) is 3.27. The molecule has 1 unspecified atom stereocenters. The lowest BCUT2D eigenvalue weighted by Crippen LogP contribution is -2.12. The van der Waals surface area contributed by atoms with Crippen LogP contribution in [0.3, 0.4) is 0 Å². The summed E-state index contributed by atoms with van der Waals surface area (Å²) in [5.41, 5.74) is 7.44. The van der Waals surface area contributed by atoms with Gasteiger partial charge in [0.15, 0.2) is 11.5 Å². The molecule has 0 aliphatic rings. The number of halogens is 1. The van der Waals surface area contributed by atoms with E-state index in [1.165, 1.54) is 9.75 Å². The van der Waals surface area contributed by atoms with Crippen molar-refractivity contribution in [2.45, 2.75) is 19.4 Å². The number of hydrogen-bond donors (Lipinski definition) is 1. The summed E-state index contributed by atoms with van der Waals surface area (Å²) in [4.78, 5) is 2.44. The second-order valence-corrected chi connectivity index (χ2v) is 6.71. The van der Waals surface area contributed by atoms with Gasteiger partial charge in [0.2, 0.25) is 0 Å². The lowest BCUT2D eigenvalue weighted by molar-refractivity contribution is 0.354. The van der Waals surface area contributed by atoms with Gasteiger partial charge in [-0.2, -0.15) is 0 Å². The van der Waals surface area contributed by atoms with Crippen LogP contribution in [0.1, 0.15) is 21.4 Å². The number of ether oxygens (including phenoxy) is 2. The SMILES string of the molecule is COc1ccc(CC(N)c2sc(C)cc2Br)cc1OC. The second-order valence-electron chi connectivity index (χ2n) is 4.57. The molecule has 2 aromatic rings. The van der Waals surface area contributed by atoms with Crippen LogP contribution in [0.5, 0.6) is 11.5 Å². The van der Waals surface area contributed by atoms with E-state index < -0.39 is 0 Å². The normalized spacial score (nSPS) is 12.2. The molecular weight excluding hydrogens is 338 g/mol. The van der Waals surface area contributed by atoms with Gasteiger partial charge in [-0.3, -0.25) is 0 Å². The summed E-state index contributed by atoms with van der Waals surface area (Å²) in [6.07, 6.45) is 0.763. The first-order chi connectivity index (χ1) is 9.55. The minimum Gasteiger partial charge on any atom is -0.493 e. The van der Waals surface area contributed by atoms with Crippen molar-refractivity contribution in [1.82, 2.24) is 0 Å². The average Bonchev–Trinajstić information content (AvgIpc) is 2.77. The topological polar surface area (TPSA) is 44.5 Å². The van der Waals surface area contributed by atoms with E-state index >= 15 is 0 Å². The summed E-state index contributed by atoms with van der Waals surface area (Å²) in [6, 6.07) is 7.99. The molecule has 1 atom stereocenters. The lowest BCUT2D eigenvalue weighted by atomic mass is 10.0. The number of benzene rings is 1. The molecule has 0 bridgehead atoms. The Morgan fingerprint density at radius 3 is 2.45 bits per heavy atom. The highest BCUT2D eigenvalue weighted by Crippen LogP contribution is 2.34. The first kappa shape index (κ1) is 15.4. The molecule has 0 amide bonds. The van der Waals surface area contributed by atoms with Crippen molar-refractivity contribution in [2.24, 2.45) is 5.73 Å². The van der Waals surface area contributed by atoms with Crippen molar-refractivity contribution in [3.8, 4) is 11.5 Å². The van der Waals surface area contributed by atoms with Gasteiger partial charge in [-0.05, 0) is 53.0 Å². The maximum Gasteiger partial charge on any atom is 0.160 e. The smallest absolute Gasteiger partial charge is 0.160 e. The third kappa shape index (κ3) is 3.34. The molecule has 0 spiro atoms. The van der Waals surface area contributed by atoms with Crippen molar-refractivity contribution in [1.29, 1.82) is 0 Å². The van der Waals surface area contributed by atoms with Crippen LogP contribution in [-0.2, 0) is 6.42 Å². The van der Waals surface area contributed by atoms with E-state index in [1.54, 1.807) is 25.6 Å².